The minimum atomic E-state index is -0.260. The fourth-order valence-corrected chi connectivity index (χ4v) is 2.70. The third-order valence-corrected chi connectivity index (χ3v) is 4.06. The van der Waals surface area contributed by atoms with Gasteiger partial charge in [-0.05, 0) is 29.8 Å². The lowest BCUT2D eigenvalue weighted by Gasteiger charge is -2.11. The third kappa shape index (κ3) is 3.22. The summed E-state index contributed by atoms with van der Waals surface area (Å²) in [6.07, 6.45) is 1.43. The number of nitrogens with zero attached hydrogens (tertiary/aromatic N) is 2. The Morgan fingerprint density at radius 1 is 1.24 bits per heavy atom. The summed E-state index contributed by atoms with van der Waals surface area (Å²) >= 11 is 1.34. The second-order valence-electron chi connectivity index (χ2n) is 4.60. The van der Waals surface area contributed by atoms with Gasteiger partial charge in [0.15, 0.2) is 5.16 Å². The molecule has 0 fully saturated rings. The predicted molar refractivity (Wildman–Crippen MR) is 84.3 cm³/mol. The molecule has 5 nitrogen and oxygen atoms in total. The lowest BCUT2D eigenvalue weighted by Crippen LogP contribution is -2.22. The van der Waals surface area contributed by atoms with Gasteiger partial charge in [0.2, 0.25) is 5.91 Å². The Morgan fingerprint density at radius 2 is 2.05 bits per heavy atom. The molecule has 0 saturated carbocycles. The van der Waals surface area contributed by atoms with Crippen molar-refractivity contribution >= 4 is 34.1 Å². The second-order valence-corrected chi connectivity index (χ2v) is 5.93. The Hall–Kier alpha value is -2.34. The first-order valence-electron chi connectivity index (χ1n) is 6.54. The van der Waals surface area contributed by atoms with E-state index in [1.165, 1.54) is 18.1 Å². The van der Waals surface area contributed by atoms with Gasteiger partial charge in [-0.2, -0.15) is 5.10 Å². The molecule has 0 aliphatic rings. The highest BCUT2D eigenvalue weighted by Gasteiger charge is 2.16. The molecule has 3 rings (SSSR count). The minimum Gasteiger partial charge on any atom is -0.325 e. The standard InChI is InChI=1S/C15H14N4OS/c1-10(21-15-16-9-17-19-15)14(20)18-13-7-6-11-4-2-3-5-12(11)8-13/h2-10H,1H3,(H,18,20)(H,16,17,19)/t10-/m1/s1. The summed E-state index contributed by atoms with van der Waals surface area (Å²) in [5.41, 5.74) is 0.795. The van der Waals surface area contributed by atoms with E-state index in [2.05, 4.69) is 20.5 Å². The van der Waals surface area contributed by atoms with Crippen molar-refractivity contribution in [2.45, 2.75) is 17.3 Å². The van der Waals surface area contributed by atoms with Crippen LogP contribution in [0.1, 0.15) is 6.92 Å². The minimum absolute atomic E-state index is 0.0633. The average molecular weight is 298 g/mol. The normalized spacial score (nSPS) is 12.2. The molecule has 0 unspecified atom stereocenters. The van der Waals surface area contributed by atoms with Gasteiger partial charge in [-0.1, -0.05) is 42.1 Å². The Labute approximate surface area is 126 Å². The van der Waals surface area contributed by atoms with E-state index >= 15 is 0 Å². The number of rotatable bonds is 4. The summed E-state index contributed by atoms with van der Waals surface area (Å²) in [6.45, 7) is 1.84. The smallest absolute Gasteiger partial charge is 0.237 e. The van der Waals surface area contributed by atoms with E-state index in [9.17, 15) is 4.79 Å². The highest BCUT2D eigenvalue weighted by molar-refractivity contribution is 8.00. The Bertz CT molecular complexity index is 757. The number of aromatic nitrogens is 3. The number of thioether (sulfide) groups is 1. The molecule has 0 spiro atoms. The van der Waals surface area contributed by atoms with Crippen LogP contribution in [0.3, 0.4) is 0 Å². The van der Waals surface area contributed by atoms with Gasteiger partial charge in [-0.25, -0.2) is 4.98 Å². The number of aromatic amines is 1. The quantitative estimate of drug-likeness (QED) is 0.726. The number of nitrogens with one attached hydrogen (secondary N) is 2. The molecule has 0 radical (unpaired) electrons. The zero-order chi connectivity index (χ0) is 14.7. The summed E-state index contributed by atoms with van der Waals surface area (Å²) in [5, 5.41) is 12.1. The number of H-pyrrole nitrogens is 1. The number of carbonyl (C=O) groups is 1. The topological polar surface area (TPSA) is 70.7 Å². The lowest BCUT2D eigenvalue weighted by atomic mass is 10.1. The Kier molecular flexibility index (Phi) is 3.87. The van der Waals surface area contributed by atoms with Crippen LogP contribution >= 0.6 is 11.8 Å². The molecule has 0 saturated heterocycles. The van der Waals surface area contributed by atoms with E-state index in [1.54, 1.807) is 0 Å². The number of anilines is 1. The van der Waals surface area contributed by atoms with E-state index in [1.807, 2.05) is 49.4 Å². The van der Waals surface area contributed by atoms with E-state index < -0.39 is 0 Å². The number of amides is 1. The molecule has 1 amide bonds. The van der Waals surface area contributed by atoms with E-state index in [0.717, 1.165) is 16.5 Å². The molecule has 21 heavy (non-hydrogen) atoms. The summed E-state index contributed by atoms with van der Waals surface area (Å²) in [5.74, 6) is -0.0633. The zero-order valence-corrected chi connectivity index (χ0v) is 12.2. The number of benzene rings is 2. The molecule has 0 aliphatic heterocycles. The summed E-state index contributed by atoms with van der Waals surface area (Å²) in [4.78, 5) is 16.2. The fourth-order valence-electron chi connectivity index (χ4n) is 1.98. The monoisotopic (exact) mass is 298 g/mol. The molecule has 1 atom stereocenters. The molecule has 106 valence electrons. The molecule has 3 aromatic rings. The first kappa shape index (κ1) is 13.6. The Balaban J connectivity index is 1.70. The molecule has 0 bridgehead atoms. The first-order valence-corrected chi connectivity index (χ1v) is 7.42. The molecule has 1 heterocycles. The first-order chi connectivity index (χ1) is 10.2. The van der Waals surface area contributed by atoms with Crippen LogP contribution in [0.25, 0.3) is 10.8 Å². The van der Waals surface area contributed by atoms with Crippen LogP contribution in [0.5, 0.6) is 0 Å². The lowest BCUT2D eigenvalue weighted by molar-refractivity contribution is -0.115. The average Bonchev–Trinajstić information content (AvgIpc) is 3.00. The zero-order valence-electron chi connectivity index (χ0n) is 11.4. The maximum atomic E-state index is 12.2. The van der Waals surface area contributed by atoms with Crippen molar-refractivity contribution < 1.29 is 4.79 Å². The fraction of sp³-hybridized carbons (Fsp3) is 0.133. The SMILES string of the molecule is C[C@@H](Sc1ncn[nH]1)C(=O)Nc1ccc2ccccc2c1. The Morgan fingerprint density at radius 3 is 2.81 bits per heavy atom. The molecule has 1 aromatic heterocycles. The molecular formula is C15H14N4OS. The maximum absolute atomic E-state index is 12.2. The molecular weight excluding hydrogens is 284 g/mol. The van der Waals surface area contributed by atoms with E-state index in [0.29, 0.717) is 5.16 Å². The van der Waals surface area contributed by atoms with Gasteiger partial charge < -0.3 is 5.32 Å². The van der Waals surface area contributed by atoms with Crippen LogP contribution in [0.15, 0.2) is 53.9 Å². The molecule has 6 heteroatoms. The molecule has 2 aromatic carbocycles. The van der Waals surface area contributed by atoms with Gasteiger partial charge in [0.25, 0.3) is 0 Å². The highest BCUT2D eigenvalue weighted by atomic mass is 32.2. The van der Waals surface area contributed by atoms with Crippen LogP contribution < -0.4 is 5.32 Å². The second kappa shape index (κ2) is 5.97. The van der Waals surface area contributed by atoms with Gasteiger partial charge in [0.1, 0.15) is 6.33 Å². The predicted octanol–water partition coefficient (Wildman–Crippen LogP) is 3.08. The number of hydrogen-bond donors (Lipinski definition) is 2. The van der Waals surface area contributed by atoms with Crippen molar-refractivity contribution in [3.8, 4) is 0 Å². The summed E-state index contributed by atoms with van der Waals surface area (Å²) < 4.78 is 0. The molecule has 0 aliphatic carbocycles. The highest BCUT2D eigenvalue weighted by Crippen LogP contribution is 2.22. The van der Waals surface area contributed by atoms with Gasteiger partial charge in [-0.15, -0.1) is 0 Å². The van der Waals surface area contributed by atoms with Crippen LogP contribution in [0.4, 0.5) is 5.69 Å². The van der Waals surface area contributed by atoms with Crippen molar-refractivity contribution in [3.63, 3.8) is 0 Å². The van der Waals surface area contributed by atoms with Crippen molar-refractivity contribution in [2.24, 2.45) is 0 Å². The largest absolute Gasteiger partial charge is 0.325 e. The number of fused-ring (bicyclic) bond motifs is 1. The van der Waals surface area contributed by atoms with Gasteiger partial charge in [0, 0.05) is 5.69 Å². The van der Waals surface area contributed by atoms with E-state index in [4.69, 9.17) is 0 Å². The van der Waals surface area contributed by atoms with Gasteiger partial charge in [0.05, 0.1) is 5.25 Å². The number of carbonyl (C=O) groups excluding carboxylic acids is 1. The van der Waals surface area contributed by atoms with Crippen molar-refractivity contribution in [2.75, 3.05) is 5.32 Å². The van der Waals surface area contributed by atoms with Crippen LogP contribution in [-0.2, 0) is 4.79 Å². The third-order valence-electron chi connectivity index (χ3n) is 3.07. The van der Waals surface area contributed by atoms with Crippen molar-refractivity contribution in [3.05, 3.63) is 48.8 Å². The van der Waals surface area contributed by atoms with Crippen molar-refractivity contribution in [1.82, 2.24) is 15.2 Å². The summed E-state index contributed by atoms with van der Waals surface area (Å²) in [7, 11) is 0. The van der Waals surface area contributed by atoms with Gasteiger partial charge in [-0.3, -0.25) is 9.89 Å². The van der Waals surface area contributed by atoms with E-state index in [-0.39, 0.29) is 11.2 Å². The summed E-state index contributed by atoms with van der Waals surface area (Å²) in [6, 6.07) is 13.9. The molecule has 2 N–H and O–H groups in total. The van der Waals surface area contributed by atoms with Crippen LogP contribution in [0, 0.1) is 0 Å². The van der Waals surface area contributed by atoms with Crippen LogP contribution in [-0.4, -0.2) is 26.3 Å². The van der Waals surface area contributed by atoms with Crippen LogP contribution in [0.2, 0.25) is 0 Å². The van der Waals surface area contributed by atoms with Crippen molar-refractivity contribution in [1.29, 1.82) is 0 Å². The van der Waals surface area contributed by atoms with Gasteiger partial charge >= 0.3 is 0 Å². The number of hydrogen-bond acceptors (Lipinski definition) is 4. The maximum Gasteiger partial charge on any atom is 0.237 e.